The van der Waals surface area contributed by atoms with Crippen molar-refractivity contribution in [1.29, 1.82) is 0 Å². The summed E-state index contributed by atoms with van der Waals surface area (Å²) >= 11 is 5.17. The zero-order valence-electron chi connectivity index (χ0n) is 12.0. The lowest BCUT2D eigenvalue weighted by atomic mass is 10.2. The van der Waals surface area contributed by atoms with Crippen LogP contribution >= 0.6 is 12.2 Å². The molecule has 0 amide bonds. The molecule has 0 unspecified atom stereocenters. The van der Waals surface area contributed by atoms with E-state index >= 15 is 0 Å². The van der Waals surface area contributed by atoms with Crippen LogP contribution in [0, 0.1) is 6.92 Å². The molecule has 0 saturated carbocycles. The quantitative estimate of drug-likeness (QED) is 0.850. The summed E-state index contributed by atoms with van der Waals surface area (Å²) in [6.45, 7) is 5.65. The average molecular weight is 289 g/mol. The van der Waals surface area contributed by atoms with Crippen LogP contribution in [-0.4, -0.2) is 26.3 Å². The molecule has 0 aliphatic rings. The van der Waals surface area contributed by atoms with Gasteiger partial charge in [-0.15, -0.1) is 0 Å². The highest BCUT2D eigenvalue weighted by Gasteiger charge is 2.20. The molecule has 2 aromatic heterocycles. The fraction of sp³-hybridized carbons (Fsp3) is 0.357. The number of nitrogens with zero attached hydrogens (tertiary/aromatic N) is 4. The Morgan fingerprint density at radius 1 is 1.40 bits per heavy atom. The van der Waals surface area contributed by atoms with Crippen molar-refractivity contribution in [3.05, 3.63) is 41.3 Å². The molecule has 0 aliphatic carbocycles. The minimum Gasteiger partial charge on any atom is -0.389 e. The van der Waals surface area contributed by atoms with Crippen LogP contribution in [-0.2, 0) is 13.6 Å². The van der Waals surface area contributed by atoms with Crippen molar-refractivity contribution in [3.63, 3.8) is 0 Å². The van der Waals surface area contributed by atoms with Crippen LogP contribution in [0.15, 0.2) is 24.5 Å². The molecular weight excluding hydrogens is 270 g/mol. The minimum atomic E-state index is 0.388. The third kappa shape index (κ3) is 2.80. The lowest BCUT2D eigenvalue weighted by molar-refractivity contribution is 0.705. The van der Waals surface area contributed by atoms with Gasteiger partial charge in [-0.25, -0.2) is 0 Å². The monoisotopic (exact) mass is 289 g/mol. The lowest BCUT2D eigenvalue weighted by Gasteiger charge is -2.24. The molecule has 0 atom stereocenters. The number of hydrogen-bond donors (Lipinski definition) is 1. The number of thiocarbonyl (C=S) groups is 1. The van der Waals surface area contributed by atoms with E-state index < -0.39 is 0 Å². The predicted octanol–water partition coefficient (Wildman–Crippen LogP) is 1.78. The summed E-state index contributed by atoms with van der Waals surface area (Å²) in [6, 6.07) is 4.01. The first kappa shape index (κ1) is 14.5. The lowest BCUT2D eigenvalue weighted by Crippen LogP contribution is -2.27. The smallest absolute Gasteiger partial charge is 0.137 e. The molecule has 0 bridgehead atoms. The molecule has 106 valence electrons. The first-order chi connectivity index (χ1) is 9.54. The highest BCUT2D eigenvalue weighted by molar-refractivity contribution is 7.80. The largest absolute Gasteiger partial charge is 0.389 e. The Kier molecular flexibility index (Phi) is 4.34. The van der Waals surface area contributed by atoms with Crippen molar-refractivity contribution in [1.82, 2.24) is 14.8 Å². The normalized spacial score (nSPS) is 10.6. The van der Waals surface area contributed by atoms with Gasteiger partial charge in [-0.1, -0.05) is 12.2 Å². The van der Waals surface area contributed by atoms with Gasteiger partial charge in [0.25, 0.3) is 0 Å². The molecule has 2 aromatic rings. The van der Waals surface area contributed by atoms with Gasteiger partial charge in [-0.2, -0.15) is 5.10 Å². The Labute approximate surface area is 124 Å². The second kappa shape index (κ2) is 6.00. The summed E-state index contributed by atoms with van der Waals surface area (Å²) in [5.74, 6) is 0.967. The second-order valence-corrected chi connectivity index (χ2v) is 5.08. The van der Waals surface area contributed by atoms with E-state index in [0.29, 0.717) is 4.99 Å². The predicted molar refractivity (Wildman–Crippen MR) is 84.8 cm³/mol. The highest BCUT2D eigenvalue weighted by atomic mass is 32.1. The summed E-state index contributed by atoms with van der Waals surface area (Å²) in [5.41, 5.74) is 8.77. The van der Waals surface area contributed by atoms with Crippen molar-refractivity contribution in [2.45, 2.75) is 20.4 Å². The number of rotatable bonds is 5. The maximum atomic E-state index is 5.86. The zero-order chi connectivity index (χ0) is 14.7. The van der Waals surface area contributed by atoms with Crippen LogP contribution < -0.4 is 10.6 Å². The number of aromatic nitrogens is 3. The van der Waals surface area contributed by atoms with Gasteiger partial charge in [0.2, 0.25) is 0 Å². The second-order valence-electron chi connectivity index (χ2n) is 4.64. The van der Waals surface area contributed by atoms with Gasteiger partial charge < -0.3 is 10.6 Å². The van der Waals surface area contributed by atoms with E-state index in [0.717, 1.165) is 30.2 Å². The van der Waals surface area contributed by atoms with Crippen LogP contribution in [0.5, 0.6) is 0 Å². The van der Waals surface area contributed by atoms with Crippen LogP contribution in [0.3, 0.4) is 0 Å². The fourth-order valence-electron chi connectivity index (χ4n) is 2.34. The topological polar surface area (TPSA) is 60.0 Å². The minimum absolute atomic E-state index is 0.388. The Morgan fingerprint density at radius 2 is 2.05 bits per heavy atom. The van der Waals surface area contributed by atoms with Gasteiger partial charge in [-0.05, 0) is 31.5 Å². The molecule has 6 heteroatoms. The van der Waals surface area contributed by atoms with Crippen LogP contribution in [0.25, 0.3) is 0 Å². The number of hydrogen-bond acceptors (Lipinski definition) is 4. The van der Waals surface area contributed by atoms with Crippen molar-refractivity contribution in [3.8, 4) is 0 Å². The van der Waals surface area contributed by atoms with E-state index in [9.17, 15) is 0 Å². The Balaban J connectivity index is 2.40. The Morgan fingerprint density at radius 3 is 2.60 bits per heavy atom. The maximum Gasteiger partial charge on any atom is 0.137 e. The average Bonchev–Trinajstić information content (AvgIpc) is 2.72. The van der Waals surface area contributed by atoms with Gasteiger partial charge >= 0.3 is 0 Å². The summed E-state index contributed by atoms with van der Waals surface area (Å²) in [5, 5.41) is 4.44. The summed E-state index contributed by atoms with van der Waals surface area (Å²) in [6.07, 6.45) is 3.60. The van der Waals surface area contributed by atoms with E-state index in [-0.39, 0.29) is 0 Å². The van der Waals surface area contributed by atoms with Gasteiger partial charge in [0.05, 0.1) is 11.3 Å². The highest BCUT2D eigenvalue weighted by Crippen LogP contribution is 2.24. The molecule has 0 fully saturated rings. The standard InChI is InChI=1S/C14H19N5S/c1-4-19(9-11-5-7-16-8-6-11)14-12(13(15)20)10(2)17-18(14)3/h5-8H,4,9H2,1-3H3,(H2,15,20). The van der Waals surface area contributed by atoms with E-state index in [1.807, 2.05) is 30.8 Å². The Bertz CT molecular complexity index is 606. The van der Waals surface area contributed by atoms with Gasteiger partial charge in [0.1, 0.15) is 10.8 Å². The van der Waals surface area contributed by atoms with Crippen molar-refractivity contribution < 1.29 is 0 Å². The van der Waals surface area contributed by atoms with Crippen molar-refractivity contribution >= 4 is 23.0 Å². The van der Waals surface area contributed by atoms with E-state index in [4.69, 9.17) is 18.0 Å². The van der Waals surface area contributed by atoms with Crippen LogP contribution in [0.1, 0.15) is 23.7 Å². The number of anilines is 1. The molecule has 2 rings (SSSR count). The molecule has 5 nitrogen and oxygen atoms in total. The molecule has 20 heavy (non-hydrogen) atoms. The molecule has 2 N–H and O–H groups in total. The SMILES string of the molecule is CCN(Cc1ccncc1)c1c(C(N)=S)c(C)nn1C. The zero-order valence-corrected chi connectivity index (χ0v) is 12.8. The first-order valence-corrected chi connectivity index (χ1v) is 6.92. The van der Waals surface area contributed by atoms with E-state index in [2.05, 4.69) is 21.9 Å². The molecule has 0 aromatic carbocycles. The first-order valence-electron chi connectivity index (χ1n) is 6.51. The summed E-state index contributed by atoms with van der Waals surface area (Å²) in [7, 11) is 1.92. The van der Waals surface area contributed by atoms with Crippen LogP contribution in [0.2, 0.25) is 0 Å². The molecule has 0 aliphatic heterocycles. The van der Waals surface area contributed by atoms with Gasteiger partial charge in [-0.3, -0.25) is 9.67 Å². The number of pyridine rings is 1. The molecular formula is C14H19N5S. The third-order valence-corrected chi connectivity index (χ3v) is 3.45. The van der Waals surface area contributed by atoms with E-state index in [1.165, 1.54) is 5.56 Å². The molecule has 0 radical (unpaired) electrons. The molecule has 2 heterocycles. The Hall–Kier alpha value is -1.95. The number of nitrogens with two attached hydrogens (primary N) is 1. The fourth-order valence-corrected chi connectivity index (χ4v) is 2.58. The maximum absolute atomic E-state index is 5.86. The summed E-state index contributed by atoms with van der Waals surface area (Å²) < 4.78 is 1.84. The number of aryl methyl sites for hydroxylation is 2. The third-order valence-electron chi connectivity index (χ3n) is 3.24. The van der Waals surface area contributed by atoms with E-state index in [1.54, 1.807) is 12.4 Å². The van der Waals surface area contributed by atoms with Gasteiger partial charge in [0, 0.05) is 32.5 Å². The summed E-state index contributed by atoms with van der Waals surface area (Å²) in [4.78, 5) is 6.64. The molecule has 0 saturated heterocycles. The van der Waals surface area contributed by atoms with Gasteiger partial charge in [0.15, 0.2) is 0 Å². The van der Waals surface area contributed by atoms with Crippen LogP contribution in [0.4, 0.5) is 5.82 Å². The van der Waals surface area contributed by atoms with Crippen molar-refractivity contribution in [2.24, 2.45) is 12.8 Å². The van der Waals surface area contributed by atoms with Crippen molar-refractivity contribution in [2.75, 3.05) is 11.4 Å². The molecule has 0 spiro atoms.